The highest BCUT2D eigenvalue weighted by molar-refractivity contribution is 5.75. The van der Waals surface area contributed by atoms with Crippen molar-refractivity contribution in [3.63, 3.8) is 0 Å². The van der Waals surface area contributed by atoms with E-state index in [1.165, 1.54) is 11.6 Å². The minimum atomic E-state index is -0.252. The monoisotopic (exact) mass is 385 g/mol. The first kappa shape index (κ1) is 18.9. The van der Waals surface area contributed by atoms with Crippen LogP contribution in [-0.2, 0) is 6.54 Å². The zero-order chi connectivity index (χ0) is 20.0. The van der Waals surface area contributed by atoms with Gasteiger partial charge in [0.25, 0.3) is 0 Å². The molecule has 2 aliphatic rings. The molecule has 0 saturated carbocycles. The Morgan fingerprint density at radius 3 is 2.71 bits per heavy atom. The van der Waals surface area contributed by atoms with E-state index in [1.807, 2.05) is 17.9 Å². The lowest BCUT2D eigenvalue weighted by Crippen LogP contribution is -2.41. The summed E-state index contributed by atoms with van der Waals surface area (Å²) in [6, 6.07) is 6.62. The van der Waals surface area contributed by atoms with Gasteiger partial charge in [-0.1, -0.05) is 12.1 Å². The second-order valence-corrected chi connectivity index (χ2v) is 8.36. The maximum Gasteiger partial charge on any atom is 0.320 e. The number of H-pyrrole nitrogens is 1. The topological polar surface area (TPSA) is 55.5 Å². The summed E-state index contributed by atoms with van der Waals surface area (Å²) in [5.74, 6) is 0.445. The van der Waals surface area contributed by atoms with Crippen LogP contribution in [0.25, 0.3) is 0 Å². The van der Waals surface area contributed by atoms with Crippen molar-refractivity contribution in [2.24, 2.45) is 11.8 Å². The summed E-state index contributed by atoms with van der Waals surface area (Å²) in [7, 11) is 3.55. The molecule has 0 aliphatic carbocycles. The Balaban J connectivity index is 1.59. The molecule has 6 nitrogen and oxygen atoms in total. The molecule has 1 aromatic heterocycles. The number of hydrogen-bond acceptors (Lipinski definition) is 3. The third-order valence-corrected chi connectivity index (χ3v) is 6.22. The lowest BCUT2D eigenvalue weighted by atomic mass is 9.89. The lowest BCUT2D eigenvalue weighted by Gasteiger charge is -2.32. The van der Waals surface area contributed by atoms with E-state index in [4.69, 9.17) is 0 Å². The van der Waals surface area contributed by atoms with E-state index in [-0.39, 0.29) is 17.9 Å². The molecule has 4 rings (SSSR count). The van der Waals surface area contributed by atoms with Gasteiger partial charge in [-0.05, 0) is 37.5 Å². The van der Waals surface area contributed by atoms with E-state index in [0.29, 0.717) is 18.4 Å². The number of rotatable bonds is 3. The molecule has 2 aromatic rings. The molecule has 0 unspecified atom stereocenters. The van der Waals surface area contributed by atoms with Gasteiger partial charge in [0, 0.05) is 57.4 Å². The van der Waals surface area contributed by atoms with Crippen molar-refractivity contribution < 1.29 is 9.18 Å². The molecule has 3 atom stereocenters. The van der Waals surface area contributed by atoms with Gasteiger partial charge in [0.15, 0.2) is 0 Å². The Bertz CT molecular complexity index is 860. The third kappa shape index (κ3) is 3.28. The predicted octanol–water partition coefficient (Wildman–Crippen LogP) is 2.95. The molecule has 0 radical (unpaired) electrons. The van der Waals surface area contributed by atoms with Crippen LogP contribution in [0.4, 0.5) is 9.18 Å². The standard InChI is InChI=1S/C21H28FN5O/c1-13-18(14(2)24-23-13)11-26-9-16-10-27(21(28)25(3)4)20(19(16)12-26)15-6-5-7-17(22)8-15/h5-8,16,19-20H,9-12H2,1-4H3,(H,23,24)/t16-,19-,20+/m1/s1. The number of nitrogens with zero attached hydrogens (tertiary/aromatic N) is 4. The minimum Gasteiger partial charge on any atom is -0.331 e. The quantitative estimate of drug-likeness (QED) is 0.884. The van der Waals surface area contributed by atoms with Crippen LogP contribution in [-0.4, -0.2) is 64.7 Å². The van der Waals surface area contributed by atoms with Crippen LogP contribution in [0.15, 0.2) is 24.3 Å². The second-order valence-electron chi connectivity index (χ2n) is 8.36. The van der Waals surface area contributed by atoms with Gasteiger partial charge < -0.3 is 9.80 Å². The normalized spacial score (nSPS) is 24.6. The summed E-state index contributed by atoms with van der Waals surface area (Å²) in [6.45, 7) is 7.49. The van der Waals surface area contributed by atoms with Gasteiger partial charge in [-0.2, -0.15) is 5.10 Å². The number of amides is 2. The van der Waals surface area contributed by atoms with Gasteiger partial charge in [-0.25, -0.2) is 9.18 Å². The van der Waals surface area contributed by atoms with Crippen molar-refractivity contribution in [2.75, 3.05) is 33.7 Å². The van der Waals surface area contributed by atoms with Crippen molar-refractivity contribution >= 4 is 6.03 Å². The van der Waals surface area contributed by atoms with Crippen LogP contribution in [0.3, 0.4) is 0 Å². The summed E-state index contributed by atoms with van der Waals surface area (Å²) >= 11 is 0. The van der Waals surface area contributed by atoms with E-state index in [0.717, 1.165) is 36.6 Å². The molecule has 1 aromatic carbocycles. The van der Waals surface area contributed by atoms with Crippen LogP contribution in [0, 0.1) is 31.5 Å². The lowest BCUT2D eigenvalue weighted by molar-refractivity contribution is 0.151. The number of halogens is 1. The van der Waals surface area contributed by atoms with Crippen LogP contribution >= 0.6 is 0 Å². The van der Waals surface area contributed by atoms with Crippen molar-refractivity contribution in [1.29, 1.82) is 0 Å². The number of aromatic amines is 1. The van der Waals surface area contributed by atoms with E-state index < -0.39 is 0 Å². The number of carbonyl (C=O) groups is 1. The van der Waals surface area contributed by atoms with Gasteiger partial charge in [-0.15, -0.1) is 0 Å². The fourth-order valence-corrected chi connectivity index (χ4v) is 4.87. The summed E-state index contributed by atoms with van der Waals surface area (Å²) in [6.07, 6.45) is 0. The average Bonchev–Trinajstić information content (AvgIpc) is 3.29. The largest absolute Gasteiger partial charge is 0.331 e. The SMILES string of the molecule is Cc1n[nH]c(C)c1CN1C[C@@H]2CN(C(=O)N(C)C)[C@@H](c3cccc(F)c3)[C@@H]2C1. The first-order valence-electron chi connectivity index (χ1n) is 9.81. The van der Waals surface area contributed by atoms with Crippen LogP contribution in [0.5, 0.6) is 0 Å². The summed E-state index contributed by atoms with van der Waals surface area (Å²) < 4.78 is 13.9. The molecule has 150 valence electrons. The van der Waals surface area contributed by atoms with Gasteiger partial charge in [-0.3, -0.25) is 10.00 Å². The van der Waals surface area contributed by atoms with E-state index in [1.54, 1.807) is 31.1 Å². The maximum atomic E-state index is 13.9. The number of nitrogens with one attached hydrogen (secondary N) is 1. The minimum absolute atomic E-state index is 0.00302. The fourth-order valence-electron chi connectivity index (χ4n) is 4.87. The number of fused-ring (bicyclic) bond motifs is 1. The zero-order valence-corrected chi connectivity index (χ0v) is 16.9. The fraction of sp³-hybridized carbons (Fsp3) is 0.524. The van der Waals surface area contributed by atoms with Gasteiger partial charge in [0.05, 0.1) is 11.7 Å². The molecule has 2 aliphatic heterocycles. The summed E-state index contributed by atoms with van der Waals surface area (Å²) in [5.41, 5.74) is 4.30. The second kappa shape index (κ2) is 7.20. The number of likely N-dealkylation sites (tertiary alicyclic amines) is 2. The Labute approximate surface area is 165 Å². The van der Waals surface area contributed by atoms with Crippen molar-refractivity contribution in [3.8, 4) is 0 Å². The molecule has 3 heterocycles. The molecule has 2 saturated heterocycles. The number of benzene rings is 1. The average molecular weight is 385 g/mol. The molecular formula is C21H28FN5O. The Morgan fingerprint density at radius 2 is 2.07 bits per heavy atom. The Kier molecular flexibility index (Phi) is 4.87. The summed E-state index contributed by atoms with van der Waals surface area (Å²) in [5, 5.41) is 7.37. The highest BCUT2D eigenvalue weighted by Gasteiger charge is 2.49. The molecular weight excluding hydrogens is 357 g/mol. The zero-order valence-electron chi connectivity index (χ0n) is 16.9. The predicted molar refractivity (Wildman–Crippen MR) is 105 cm³/mol. The van der Waals surface area contributed by atoms with Crippen molar-refractivity contribution in [3.05, 3.63) is 52.6 Å². The Morgan fingerprint density at radius 1 is 1.29 bits per heavy atom. The van der Waals surface area contributed by atoms with E-state index in [9.17, 15) is 9.18 Å². The molecule has 0 spiro atoms. The van der Waals surface area contributed by atoms with Crippen LogP contribution in [0.1, 0.15) is 28.6 Å². The molecule has 7 heteroatoms. The first-order valence-corrected chi connectivity index (χ1v) is 9.81. The highest BCUT2D eigenvalue weighted by Crippen LogP contribution is 2.45. The van der Waals surface area contributed by atoms with Crippen LogP contribution < -0.4 is 0 Å². The highest BCUT2D eigenvalue weighted by atomic mass is 19.1. The smallest absolute Gasteiger partial charge is 0.320 e. The number of aryl methyl sites for hydroxylation is 2. The Hall–Kier alpha value is -2.41. The molecule has 2 fully saturated rings. The van der Waals surface area contributed by atoms with Crippen LogP contribution in [0.2, 0.25) is 0 Å². The van der Waals surface area contributed by atoms with Crippen molar-refractivity contribution in [1.82, 2.24) is 24.9 Å². The molecule has 0 bridgehead atoms. The van der Waals surface area contributed by atoms with Gasteiger partial charge in [0.1, 0.15) is 5.82 Å². The molecule has 28 heavy (non-hydrogen) atoms. The van der Waals surface area contributed by atoms with Gasteiger partial charge in [0.2, 0.25) is 0 Å². The van der Waals surface area contributed by atoms with Gasteiger partial charge >= 0.3 is 6.03 Å². The number of carbonyl (C=O) groups excluding carboxylic acids is 1. The third-order valence-electron chi connectivity index (χ3n) is 6.22. The first-order chi connectivity index (χ1) is 13.3. The molecule has 1 N–H and O–H groups in total. The van der Waals surface area contributed by atoms with E-state index in [2.05, 4.69) is 22.0 Å². The number of urea groups is 1. The van der Waals surface area contributed by atoms with Crippen molar-refractivity contribution in [2.45, 2.75) is 26.4 Å². The number of aromatic nitrogens is 2. The summed E-state index contributed by atoms with van der Waals surface area (Å²) in [4.78, 5) is 18.8. The molecule has 2 amide bonds. The maximum absolute atomic E-state index is 13.9. The number of hydrogen-bond donors (Lipinski definition) is 1. The van der Waals surface area contributed by atoms with E-state index >= 15 is 0 Å².